The number of nitrogens with zero attached hydrogens (tertiary/aromatic N) is 5. The molecule has 2 aromatic rings. The lowest BCUT2D eigenvalue weighted by atomic mass is 10.2. The van der Waals surface area contributed by atoms with Crippen molar-refractivity contribution in [1.29, 1.82) is 0 Å². The van der Waals surface area contributed by atoms with Crippen LogP contribution < -0.4 is 10.6 Å². The van der Waals surface area contributed by atoms with Gasteiger partial charge in [-0.1, -0.05) is 0 Å². The Morgan fingerprint density at radius 1 is 1.32 bits per heavy atom. The van der Waals surface area contributed by atoms with E-state index < -0.39 is 5.91 Å². The van der Waals surface area contributed by atoms with Gasteiger partial charge in [0.05, 0.1) is 23.5 Å². The molecule has 2 aliphatic rings. The van der Waals surface area contributed by atoms with Gasteiger partial charge in [-0.05, 0) is 37.3 Å². The molecule has 7 heteroatoms. The van der Waals surface area contributed by atoms with Crippen molar-refractivity contribution in [3.63, 3.8) is 0 Å². The highest BCUT2D eigenvalue weighted by Gasteiger charge is 2.27. The zero-order valence-electron chi connectivity index (χ0n) is 12.3. The van der Waals surface area contributed by atoms with E-state index in [9.17, 15) is 4.79 Å². The van der Waals surface area contributed by atoms with E-state index >= 15 is 0 Å². The maximum absolute atomic E-state index is 11.2. The molecule has 3 heterocycles. The van der Waals surface area contributed by atoms with Gasteiger partial charge in [0, 0.05) is 19.3 Å². The number of nitrogens with two attached hydrogens (primary N) is 1. The van der Waals surface area contributed by atoms with Gasteiger partial charge in [-0.2, -0.15) is 10.2 Å². The smallest absolute Gasteiger partial charge is 0.251 e. The predicted octanol–water partition coefficient (Wildman–Crippen LogP) is 0.712. The maximum atomic E-state index is 11.2. The van der Waals surface area contributed by atoms with Crippen molar-refractivity contribution in [2.45, 2.75) is 31.7 Å². The molecule has 1 atom stereocenters. The fraction of sp³-hybridized carbons (Fsp3) is 0.467. The lowest BCUT2D eigenvalue weighted by molar-refractivity contribution is 0.1000. The van der Waals surface area contributed by atoms with Gasteiger partial charge >= 0.3 is 0 Å². The summed E-state index contributed by atoms with van der Waals surface area (Å²) in [6.45, 7) is 1.75. The fourth-order valence-electron chi connectivity index (χ4n) is 3.30. The molecule has 0 saturated carbocycles. The molecule has 1 unspecified atom stereocenters. The van der Waals surface area contributed by atoms with Crippen molar-refractivity contribution in [3.8, 4) is 0 Å². The Hall–Kier alpha value is -2.44. The van der Waals surface area contributed by atoms with Crippen LogP contribution in [0.25, 0.3) is 0 Å². The van der Waals surface area contributed by atoms with Crippen molar-refractivity contribution < 1.29 is 4.79 Å². The number of carbonyl (C=O) groups excluding carboxylic acids is 1. The number of anilines is 1. The second-order valence-electron chi connectivity index (χ2n) is 5.99. The van der Waals surface area contributed by atoms with Gasteiger partial charge in [0.15, 0.2) is 5.82 Å². The lowest BCUT2D eigenvalue weighted by Crippen LogP contribution is -2.22. The van der Waals surface area contributed by atoms with E-state index in [1.165, 1.54) is 18.2 Å². The molecular weight excluding hydrogens is 280 g/mol. The molecule has 1 fully saturated rings. The summed E-state index contributed by atoms with van der Waals surface area (Å²) in [5.74, 6) is 0.510. The number of primary amides is 1. The Kier molecular flexibility index (Phi) is 3.06. The van der Waals surface area contributed by atoms with Crippen LogP contribution in [0.4, 0.5) is 5.82 Å². The molecule has 1 saturated heterocycles. The number of aryl methyl sites for hydroxylation is 2. The normalized spacial score (nSPS) is 20.4. The van der Waals surface area contributed by atoms with Crippen LogP contribution in [0.5, 0.6) is 0 Å². The molecule has 0 aromatic carbocycles. The molecule has 22 heavy (non-hydrogen) atoms. The minimum absolute atomic E-state index is 0.239. The standard InChI is InChI=1S/C15H18N6O/c16-15(22)11-7-17-21(8-11)12-4-5-20(9-12)14-6-10-2-1-3-13(10)18-19-14/h6-8,12H,1-5,9H2,(H2,16,22). The summed E-state index contributed by atoms with van der Waals surface area (Å²) in [6, 6.07) is 2.42. The van der Waals surface area contributed by atoms with Crippen molar-refractivity contribution >= 4 is 11.7 Å². The van der Waals surface area contributed by atoms with Crippen molar-refractivity contribution in [1.82, 2.24) is 20.0 Å². The Balaban J connectivity index is 1.51. The molecule has 1 amide bonds. The number of fused-ring (bicyclic) bond motifs is 1. The van der Waals surface area contributed by atoms with Gasteiger partial charge in [-0.15, -0.1) is 5.10 Å². The number of carbonyl (C=O) groups is 1. The number of hydrogen-bond acceptors (Lipinski definition) is 5. The van der Waals surface area contributed by atoms with Crippen LogP contribution in [0.2, 0.25) is 0 Å². The highest BCUT2D eigenvalue weighted by atomic mass is 16.1. The molecule has 0 spiro atoms. The van der Waals surface area contributed by atoms with Gasteiger partial charge in [0.1, 0.15) is 0 Å². The van der Waals surface area contributed by atoms with Gasteiger partial charge in [-0.3, -0.25) is 9.48 Å². The minimum atomic E-state index is -0.439. The lowest BCUT2D eigenvalue weighted by Gasteiger charge is -2.17. The molecule has 1 aliphatic heterocycles. The van der Waals surface area contributed by atoms with Crippen LogP contribution in [0.1, 0.15) is 40.5 Å². The molecule has 2 aromatic heterocycles. The van der Waals surface area contributed by atoms with Gasteiger partial charge in [0.2, 0.25) is 0 Å². The number of hydrogen-bond donors (Lipinski definition) is 1. The van der Waals surface area contributed by atoms with Crippen molar-refractivity contribution in [3.05, 3.63) is 35.3 Å². The zero-order valence-corrected chi connectivity index (χ0v) is 12.3. The Labute approximate surface area is 128 Å². The van der Waals surface area contributed by atoms with E-state index in [1.807, 2.05) is 4.68 Å². The highest BCUT2D eigenvalue weighted by molar-refractivity contribution is 5.92. The first kappa shape index (κ1) is 13.2. The fourth-order valence-corrected chi connectivity index (χ4v) is 3.30. The second kappa shape index (κ2) is 5.08. The third-order valence-electron chi connectivity index (χ3n) is 4.55. The molecule has 114 valence electrons. The highest BCUT2D eigenvalue weighted by Crippen LogP contribution is 2.28. The van der Waals surface area contributed by atoms with Crippen LogP contribution in [-0.2, 0) is 12.8 Å². The number of amides is 1. The molecule has 7 nitrogen and oxygen atoms in total. The van der Waals surface area contributed by atoms with Crippen LogP contribution in [0.15, 0.2) is 18.5 Å². The van der Waals surface area contributed by atoms with Crippen LogP contribution in [0, 0.1) is 0 Å². The Morgan fingerprint density at radius 3 is 3.05 bits per heavy atom. The van der Waals surface area contributed by atoms with Crippen molar-refractivity contribution in [2.75, 3.05) is 18.0 Å². The summed E-state index contributed by atoms with van der Waals surface area (Å²) in [7, 11) is 0. The van der Waals surface area contributed by atoms with Crippen LogP contribution >= 0.6 is 0 Å². The van der Waals surface area contributed by atoms with Gasteiger partial charge < -0.3 is 10.6 Å². The quantitative estimate of drug-likeness (QED) is 0.901. The first-order valence-electron chi connectivity index (χ1n) is 7.65. The van der Waals surface area contributed by atoms with E-state index in [0.717, 1.165) is 43.9 Å². The molecule has 2 N–H and O–H groups in total. The van der Waals surface area contributed by atoms with E-state index in [4.69, 9.17) is 5.73 Å². The molecular formula is C15H18N6O. The first-order valence-corrected chi connectivity index (χ1v) is 7.65. The zero-order chi connectivity index (χ0) is 15.1. The first-order chi connectivity index (χ1) is 10.7. The molecule has 1 aliphatic carbocycles. The average molecular weight is 298 g/mol. The summed E-state index contributed by atoms with van der Waals surface area (Å²) >= 11 is 0. The monoisotopic (exact) mass is 298 g/mol. The van der Waals surface area contributed by atoms with Crippen LogP contribution in [0.3, 0.4) is 0 Å². The third kappa shape index (κ3) is 2.22. The summed E-state index contributed by atoms with van der Waals surface area (Å²) < 4.78 is 1.83. The SMILES string of the molecule is NC(=O)c1cnn(C2CCN(c3cc4c(nn3)CCC4)C2)c1. The Morgan fingerprint density at radius 2 is 2.23 bits per heavy atom. The van der Waals surface area contributed by atoms with E-state index in [2.05, 4.69) is 26.3 Å². The number of aromatic nitrogens is 4. The summed E-state index contributed by atoms with van der Waals surface area (Å²) in [4.78, 5) is 13.4. The van der Waals surface area contributed by atoms with E-state index in [0.29, 0.717) is 5.56 Å². The van der Waals surface area contributed by atoms with Crippen LogP contribution in [-0.4, -0.2) is 39.0 Å². The average Bonchev–Trinajstić information content (AvgIpc) is 3.25. The summed E-state index contributed by atoms with van der Waals surface area (Å²) in [6.07, 6.45) is 7.56. The van der Waals surface area contributed by atoms with E-state index in [1.54, 1.807) is 6.20 Å². The van der Waals surface area contributed by atoms with Gasteiger partial charge in [0.25, 0.3) is 5.91 Å². The second-order valence-corrected chi connectivity index (χ2v) is 5.99. The predicted molar refractivity (Wildman–Crippen MR) is 80.7 cm³/mol. The minimum Gasteiger partial charge on any atom is -0.366 e. The molecule has 0 bridgehead atoms. The van der Waals surface area contributed by atoms with Gasteiger partial charge in [-0.25, -0.2) is 0 Å². The largest absolute Gasteiger partial charge is 0.366 e. The third-order valence-corrected chi connectivity index (χ3v) is 4.55. The van der Waals surface area contributed by atoms with Crippen molar-refractivity contribution in [2.24, 2.45) is 5.73 Å². The number of rotatable bonds is 3. The molecule has 4 rings (SSSR count). The topological polar surface area (TPSA) is 89.9 Å². The molecule has 0 radical (unpaired) electrons. The van der Waals surface area contributed by atoms with E-state index in [-0.39, 0.29) is 6.04 Å². The summed E-state index contributed by atoms with van der Waals surface area (Å²) in [5.41, 5.74) is 8.22. The maximum Gasteiger partial charge on any atom is 0.251 e. The Bertz CT molecular complexity index is 725. The summed E-state index contributed by atoms with van der Waals surface area (Å²) in [5, 5.41) is 13.0.